The van der Waals surface area contributed by atoms with Crippen LogP contribution in [-0.2, 0) is 11.2 Å². The second-order valence-corrected chi connectivity index (χ2v) is 4.46. The lowest BCUT2D eigenvalue weighted by atomic mass is 10.1. The van der Waals surface area contributed by atoms with Gasteiger partial charge < -0.3 is 10.4 Å². The third-order valence-electron chi connectivity index (χ3n) is 2.94. The topological polar surface area (TPSA) is 49.3 Å². The minimum Gasteiger partial charge on any atom is -0.481 e. The summed E-state index contributed by atoms with van der Waals surface area (Å²) in [5.74, 6) is -0.724. The zero-order valence-corrected chi connectivity index (χ0v) is 10.6. The highest BCUT2D eigenvalue weighted by Gasteiger charge is 2.04. The number of aliphatic carboxylic acids is 1. The maximum absolute atomic E-state index is 10.4. The molecule has 1 unspecified atom stereocenters. The van der Waals surface area contributed by atoms with Crippen LogP contribution in [0.15, 0.2) is 24.3 Å². The van der Waals surface area contributed by atoms with E-state index in [9.17, 15) is 4.79 Å². The number of hydrogen-bond acceptors (Lipinski definition) is 2. The standard InChI is InChI=1S/C14H21NO2/c1-11-5-3-4-6-13(11)9-10-15-12(2)7-8-14(16)17/h3-6,12,15H,7-10H2,1-2H3,(H,16,17). The van der Waals surface area contributed by atoms with Gasteiger partial charge in [-0.2, -0.15) is 0 Å². The van der Waals surface area contributed by atoms with Crippen molar-refractivity contribution in [3.63, 3.8) is 0 Å². The first-order valence-electron chi connectivity index (χ1n) is 6.09. The largest absolute Gasteiger partial charge is 0.481 e. The SMILES string of the molecule is Cc1ccccc1CCNC(C)CCC(=O)O. The molecule has 0 fully saturated rings. The maximum atomic E-state index is 10.4. The normalized spacial score (nSPS) is 12.4. The van der Waals surface area contributed by atoms with Crippen LogP contribution in [0.1, 0.15) is 30.9 Å². The molecular weight excluding hydrogens is 214 g/mol. The van der Waals surface area contributed by atoms with E-state index in [2.05, 4.69) is 30.4 Å². The Bertz CT molecular complexity index is 363. The molecule has 0 heterocycles. The van der Waals surface area contributed by atoms with Crippen molar-refractivity contribution in [2.24, 2.45) is 0 Å². The Morgan fingerprint density at radius 3 is 2.76 bits per heavy atom. The Hall–Kier alpha value is -1.35. The molecular formula is C14H21NO2. The number of carbonyl (C=O) groups is 1. The summed E-state index contributed by atoms with van der Waals surface area (Å²) in [6.45, 7) is 5.04. The third kappa shape index (κ3) is 5.50. The Morgan fingerprint density at radius 2 is 2.12 bits per heavy atom. The summed E-state index contributed by atoms with van der Waals surface area (Å²) < 4.78 is 0. The summed E-state index contributed by atoms with van der Waals surface area (Å²) in [6, 6.07) is 8.61. The van der Waals surface area contributed by atoms with Gasteiger partial charge in [-0.25, -0.2) is 0 Å². The van der Waals surface area contributed by atoms with Crippen molar-refractivity contribution in [1.29, 1.82) is 0 Å². The number of carboxylic acids is 1. The van der Waals surface area contributed by atoms with Gasteiger partial charge >= 0.3 is 5.97 Å². The quantitative estimate of drug-likeness (QED) is 0.763. The zero-order valence-electron chi connectivity index (χ0n) is 10.6. The molecule has 0 aliphatic carbocycles. The smallest absolute Gasteiger partial charge is 0.303 e. The molecule has 0 bridgehead atoms. The Labute approximate surface area is 103 Å². The molecule has 3 heteroatoms. The summed E-state index contributed by atoms with van der Waals surface area (Å²) in [5, 5.41) is 11.9. The fraction of sp³-hybridized carbons (Fsp3) is 0.500. The van der Waals surface area contributed by atoms with Crippen LogP contribution in [-0.4, -0.2) is 23.7 Å². The van der Waals surface area contributed by atoms with Crippen molar-refractivity contribution in [1.82, 2.24) is 5.32 Å². The van der Waals surface area contributed by atoms with Crippen LogP contribution < -0.4 is 5.32 Å². The Kier molecular flexibility index (Phi) is 5.70. The van der Waals surface area contributed by atoms with Gasteiger partial charge in [-0.1, -0.05) is 24.3 Å². The van der Waals surface area contributed by atoms with Crippen molar-refractivity contribution in [2.45, 2.75) is 39.2 Å². The molecule has 0 saturated heterocycles. The summed E-state index contributed by atoms with van der Waals surface area (Å²) >= 11 is 0. The van der Waals surface area contributed by atoms with E-state index in [1.165, 1.54) is 11.1 Å². The van der Waals surface area contributed by atoms with Crippen LogP contribution >= 0.6 is 0 Å². The predicted molar refractivity (Wildman–Crippen MR) is 69.2 cm³/mol. The number of benzene rings is 1. The second-order valence-electron chi connectivity index (χ2n) is 4.46. The molecule has 0 radical (unpaired) electrons. The van der Waals surface area contributed by atoms with Crippen molar-refractivity contribution in [3.05, 3.63) is 35.4 Å². The monoisotopic (exact) mass is 235 g/mol. The van der Waals surface area contributed by atoms with Gasteiger partial charge in [0.25, 0.3) is 0 Å². The number of carboxylic acid groups (broad SMARTS) is 1. The highest BCUT2D eigenvalue weighted by atomic mass is 16.4. The van der Waals surface area contributed by atoms with Gasteiger partial charge in [0.2, 0.25) is 0 Å². The van der Waals surface area contributed by atoms with E-state index >= 15 is 0 Å². The minimum absolute atomic E-state index is 0.235. The molecule has 0 aliphatic rings. The molecule has 0 saturated carbocycles. The lowest BCUT2D eigenvalue weighted by Gasteiger charge is -2.13. The molecule has 1 atom stereocenters. The number of nitrogens with one attached hydrogen (secondary N) is 1. The highest BCUT2D eigenvalue weighted by Crippen LogP contribution is 2.07. The lowest BCUT2D eigenvalue weighted by molar-refractivity contribution is -0.137. The minimum atomic E-state index is -0.724. The van der Waals surface area contributed by atoms with Gasteiger partial charge in [0.05, 0.1) is 0 Å². The lowest BCUT2D eigenvalue weighted by Crippen LogP contribution is -2.28. The molecule has 1 rings (SSSR count). The summed E-state index contributed by atoms with van der Waals surface area (Å²) in [5.41, 5.74) is 2.66. The van der Waals surface area contributed by atoms with Crippen LogP contribution in [0.2, 0.25) is 0 Å². The van der Waals surface area contributed by atoms with Crippen LogP contribution in [0.3, 0.4) is 0 Å². The van der Waals surface area contributed by atoms with Gasteiger partial charge in [0.15, 0.2) is 0 Å². The van der Waals surface area contributed by atoms with E-state index in [0.29, 0.717) is 6.42 Å². The molecule has 1 aromatic carbocycles. The number of aryl methyl sites for hydroxylation is 1. The summed E-state index contributed by atoms with van der Waals surface area (Å²) in [7, 11) is 0. The van der Waals surface area contributed by atoms with Gasteiger partial charge in [-0.05, 0) is 44.4 Å². The molecule has 3 nitrogen and oxygen atoms in total. The zero-order chi connectivity index (χ0) is 12.7. The first-order valence-corrected chi connectivity index (χ1v) is 6.09. The van der Waals surface area contributed by atoms with Crippen LogP contribution in [0.4, 0.5) is 0 Å². The van der Waals surface area contributed by atoms with Crippen molar-refractivity contribution in [2.75, 3.05) is 6.54 Å². The maximum Gasteiger partial charge on any atom is 0.303 e. The van der Waals surface area contributed by atoms with Crippen LogP contribution in [0.25, 0.3) is 0 Å². The Balaban J connectivity index is 2.24. The molecule has 0 aromatic heterocycles. The van der Waals surface area contributed by atoms with Crippen LogP contribution in [0, 0.1) is 6.92 Å². The summed E-state index contributed by atoms with van der Waals surface area (Å²) in [4.78, 5) is 10.4. The van der Waals surface area contributed by atoms with Gasteiger partial charge in [0, 0.05) is 12.5 Å². The fourth-order valence-electron chi connectivity index (χ4n) is 1.79. The number of rotatable bonds is 7. The van der Waals surface area contributed by atoms with Gasteiger partial charge in [0.1, 0.15) is 0 Å². The fourth-order valence-corrected chi connectivity index (χ4v) is 1.79. The van der Waals surface area contributed by atoms with Crippen molar-refractivity contribution >= 4 is 5.97 Å². The van der Waals surface area contributed by atoms with Crippen LogP contribution in [0.5, 0.6) is 0 Å². The van der Waals surface area contributed by atoms with E-state index in [1.807, 2.05) is 13.0 Å². The first kappa shape index (κ1) is 13.7. The van der Waals surface area contributed by atoms with E-state index in [0.717, 1.165) is 13.0 Å². The highest BCUT2D eigenvalue weighted by molar-refractivity contribution is 5.66. The average Bonchev–Trinajstić information content (AvgIpc) is 2.29. The molecule has 0 spiro atoms. The number of hydrogen-bond donors (Lipinski definition) is 2. The third-order valence-corrected chi connectivity index (χ3v) is 2.94. The van der Waals surface area contributed by atoms with E-state index in [4.69, 9.17) is 5.11 Å². The van der Waals surface area contributed by atoms with E-state index in [-0.39, 0.29) is 12.5 Å². The molecule has 1 aromatic rings. The molecule has 94 valence electrons. The average molecular weight is 235 g/mol. The van der Waals surface area contributed by atoms with E-state index in [1.54, 1.807) is 0 Å². The molecule has 0 amide bonds. The summed E-state index contributed by atoms with van der Waals surface area (Å²) in [6.07, 6.45) is 1.91. The molecule has 0 aliphatic heterocycles. The molecule has 2 N–H and O–H groups in total. The van der Waals surface area contributed by atoms with Crippen molar-refractivity contribution in [3.8, 4) is 0 Å². The predicted octanol–water partition coefficient (Wildman–Crippen LogP) is 2.38. The van der Waals surface area contributed by atoms with Gasteiger partial charge in [-0.3, -0.25) is 4.79 Å². The van der Waals surface area contributed by atoms with E-state index < -0.39 is 5.97 Å². The second kappa shape index (κ2) is 7.07. The molecule has 17 heavy (non-hydrogen) atoms. The van der Waals surface area contributed by atoms with Gasteiger partial charge in [-0.15, -0.1) is 0 Å². The van der Waals surface area contributed by atoms with Crippen molar-refractivity contribution < 1.29 is 9.90 Å². The first-order chi connectivity index (χ1) is 8.09. The Morgan fingerprint density at radius 1 is 1.41 bits per heavy atom.